The molecule has 2 N–H and O–H groups in total. The van der Waals surface area contributed by atoms with Crippen molar-refractivity contribution in [2.75, 3.05) is 52.5 Å². The number of aromatic nitrogens is 1. The molecule has 0 radical (unpaired) electrons. The van der Waals surface area contributed by atoms with Gasteiger partial charge in [-0.05, 0) is 32.4 Å². The van der Waals surface area contributed by atoms with Crippen LogP contribution < -0.4 is 15.4 Å². The summed E-state index contributed by atoms with van der Waals surface area (Å²) in [6.45, 7) is 12.0. The van der Waals surface area contributed by atoms with Crippen LogP contribution in [0.1, 0.15) is 32.3 Å². The van der Waals surface area contributed by atoms with Gasteiger partial charge in [0, 0.05) is 37.9 Å². The number of pyridine rings is 1. The zero-order valence-electron chi connectivity index (χ0n) is 16.2. The van der Waals surface area contributed by atoms with E-state index in [9.17, 15) is 0 Å². The van der Waals surface area contributed by atoms with Crippen LogP contribution in [-0.4, -0.2) is 68.4 Å². The van der Waals surface area contributed by atoms with Crippen LogP contribution in [0.2, 0.25) is 0 Å². The third-order valence-electron chi connectivity index (χ3n) is 4.09. The highest BCUT2D eigenvalue weighted by Crippen LogP contribution is 2.15. The van der Waals surface area contributed by atoms with Gasteiger partial charge in [0.1, 0.15) is 0 Å². The molecule has 1 aliphatic heterocycles. The molecule has 26 heavy (non-hydrogen) atoms. The van der Waals surface area contributed by atoms with Crippen molar-refractivity contribution in [2.45, 2.75) is 33.2 Å². The van der Waals surface area contributed by atoms with Gasteiger partial charge in [-0.2, -0.15) is 0 Å². The predicted octanol–water partition coefficient (Wildman–Crippen LogP) is 1.65. The number of rotatable bonds is 10. The molecule has 0 aliphatic carbocycles. The molecule has 7 nitrogen and oxygen atoms in total. The molecule has 0 unspecified atom stereocenters. The van der Waals surface area contributed by atoms with Crippen molar-refractivity contribution in [3.05, 3.63) is 23.9 Å². The number of guanidine groups is 1. The van der Waals surface area contributed by atoms with E-state index < -0.39 is 0 Å². The second-order valence-corrected chi connectivity index (χ2v) is 6.25. The molecular formula is C19H33N5O2. The summed E-state index contributed by atoms with van der Waals surface area (Å²) in [6.07, 6.45) is 3.81. The highest BCUT2D eigenvalue weighted by Gasteiger charge is 2.09. The topological polar surface area (TPSA) is 71.0 Å². The van der Waals surface area contributed by atoms with Gasteiger partial charge in [0.25, 0.3) is 0 Å². The minimum absolute atomic E-state index is 0.547. The van der Waals surface area contributed by atoms with Crippen LogP contribution >= 0.6 is 0 Å². The van der Waals surface area contributed by atoms with Gasteiger partial charge in [0.2, 0.25) is 5.88 Å². The lowest BCUT2D eigenvalue weighted by Gasteiger charge is -2.26. The quantitative estimate of drug-likeness (QED) is 0.374. The number of hydrogen-bond donors (Lipinski definition) is 2. The summed E-state index contributed by atoms with van der Waals surface area (Å²) in [5, 5.41) is 6.71. The number of nitrogens with zero attached hydrogens (tertiary/aromatic N) is 3. The Balaban J connectivity index is 1.80. The van der Waals surface area contributed by atoms with Gasteiger partial charge in [-0.25, -0.2) is 9.98 Å². The SMILES string of the molecule is CCCOc1ncccc1CN=C(NCC)NCCCN1CCOCC1. The van der Waals surface area contributed by atoms with Crippen molar-refractivity contribution in [3.63, 3.8) is 0 Å². The molecule has 0 atom stereocenters. The molecule has 0 aromatic carbocycles. The lowest BCUT2D eigenvalue weighted by molar-refractivity contribution is 0.0376. The molecular weight excluding hydrogens is 330 g/mol. The largest absolute Gasteiger partial charge is 0.477 e. The Labute approximate surface area is 157 Å². The second-order valence-electron chi connectivity index (χ2n) is 6.25. The first-order valence-corrected chi connectivity index (χ1v) is 9.72. The van der Waals surface area contributed by atoms with Crippen LogP contribution in [-0.2, 0) is 11.3 Å². The van der Waals surface area contributed by atoms with E-state index in [0.717, 1.165) is 70.3 Å². The Kier molecular flexibility index (Phi) is 9.82. The molecule has 0 amide bonds. The van der Waals surface area contributed by atoms with E-state index >= 15 is 0 Å². The smallest absolute Gasteiger partial charge is 0.218 e. The first-order valence-electron chi connectivity index (χ1n) is 9.72. The van der Waals surface area contributed by atoms with Gasteiger partial charge >= 0.3 is 0 Å². The molecule has 0 bridgehead atoms. The van der Waals surface area contributed by atoms with Gasteiger partial charge in [0.15, 0.2) is 5.96 Å². The fourth-order valence-corrected chi connectivity index (χ4v) is 2.71. The van der Waals surface area contributed by atoms with Gasteiger partial charge in [-0.15, -0.1) is 0 Å². The van der Waals surface area contributed by atoms with Gasteiger partial charge in [-0.3, -0.25) is 4.90 Å². The standard InChI is InChI=1S/C19H33N5O2/c1-3-13-26-18-17(7-5-8-21-18)16-23-19(20-4-2)22-9-6-10-24-11-14-25-15-12-24/h5,7-8H,3-4,6,9-16H2,1-2H3,(H2,20,22,23). The zero-order valence-corrected chi connectivity index (χ0v) is 16.2. The van der Waals surface area contributed by atoms with E-state index in [-0.39, 0.29) is 0 Å². The monoisotopic (exact) mass is 363 g/mol. The maximum absolute atomic E-state index is 5.71. The second kappa shape index (κ2) is 12.5. The Hall–Kier alpha value is -1.86. The average molecular weight is 364 g/mol. The Morgan fingerprint density at radius 2 is 2.15 bits per heavy atom. The number of hydrogen-bond acceptors (Lipinski definition) is 5. The minimum atomic E-state index is 0.547. The molecule has 0 saturated carbocycles. The summed E-state index contributed by atoms with van der Waals surface area (Å²) in [5.41, 5.74) is 1.01. The Morgan fingerprint density at radius 3 is 2.92 bits per heavy atom. The third kappa shape index (κ3) is 7.58. The van der Waals surface area contributed by atoms with Gasteiger partial charge in [-0.1, -0.05) is 13.0 Å². The van der Waals surface area contributed by atoms with Crippen molar-refractivity contribution in [1.82, 2.24) is 20.5 Å². The maximum atomic E-state index is 5.71. The highest BCUT2D eigenvalue weighted by molar-refractivity contribution is 5.79. The van der Waals surface area contributed by atoms with Crippen molar-refractivity contribution >= 4 is 5.96 Å². The molecule has 2 heterocycles. The number of nitrogens with one attached hydrogen (secondary N) is 2. The molecule has 1 fully saturated rings. The molecule has 1 aromatic heterocycles. The summed E-state index contributed by atoms with van der Waals surface area (Å²) in [5.74, 6) is 1.51. The average Bonchev–Trinajstić information content (AvgIpc) is 2.69. The summed E-state index contributed by atoms with van der Waals surface area (Å²) in [6, 6.07) is 3.94. The zero-order chi connectivity index (χ0) is 18.5. The van der Waals surface area contributed by atoms with E-state index in [1.807, 2.05) is 12.1 Å². The van der Waals surface area contributed by atoms with E-state index in [4.69, 9.17) is 9.47 Å². The summed E-state index contributed by atoms with van der Waals surface area (Å²) in [7, 11) is 0. The van der Waals surface area contributed by atoms with Crippen molar-refractivity contribution < 1.29 is 9.47 Å². The lowest BCUT2D eigenvalue weighted by atomic mass is 10.3. The first-order chi connectivity index (χ1) is 12.8. The normalized spacial score (nSPS) is 15.7. The molecule has 1 aromatic rings. The minimum Gasteiger partial charge on any atom is -0.477 e. The maximum Gasteiger partial charge on any atom is 0.218 e. The van der Waals surface area contributed by atoms with Crippen molar-refractivity contribution in [3.8, 4) is 5.88 Å². The summed E-state index contributed by atoms with van der Waals surface area (Å²) < 4.78 is 11.1. The van der Waals surface area contributed by atoms with Crippen LogP contribution in [0.3, 0.4) is 0 Å². The fraction of sp³-hybridized carbons (Fsp3) is 0.684. The van der Waals surface area contributed by atoms with E-state index in [1.54, 1.807) is 6.20 Å². The van der Waals surface area contributed by atoms with Crippen LogP contribution in [0.15, 0.2) is 23.3 Å². The van der Waals surface area contributed by atoms with E-state index in [2.05, 4.69) is 39.4 Å². The van der Waals surface area contributed by atoms with Crippen LogP contribution in [0.5, 0.6) is 5.88 Å². The highest BCUT2D eigenvalue weighted by atomic mass is 16.5. The fourth-order valence-electron chi connectivity index (χ4n) is 2.71. The summed E-state index contributed by atoms with van der Waals surface area (Å²) in [4.78, 5) is 11.4. The van der Waals surface area contributed by atoms with Crippen molar-refractivity contribution in [1.29, 1.82) is 0 Å². The molecule has 7 heteroatoms. The van der Waals surface area contributed by atoms with Gasteiger partial charge in [0.05, 0.1) is 26.4 Å². The van der Waals surface area contributed by atoms with E-state index in [0.29, 0.717) is 19.0 Å². The van der Waals surface area contributed by atoms with Gasteiger partial charge < -0.3 is 20.1 Å². The number of aliphatic imine (C=N–C) groups is 1. The van der Waals surface area contributed by atoms with Crippen molar-refractivity contribution in [2.24, 2.45) is 4.99 Å². The molecule has 146 valence electrons. The van der Waals surface area contributed by atoms with Crippen LogP contribution in [0, 0.1) is 0 Å². The molecule has 2 rings (SSSR count). The molecule has 1 saturated heterocycles. The van der Waals surface area contributed by atoms with Crippen LogP contribution in [0.4, 0.5) is 0 Å². The number of morpholine rings is 1. The van der Waals surface area contributed by atoms with E-state index in [1.165, 1.54) is 0 Å². The molecule has 1 aliphatic rings. The predicted molar refractivity (Wildman–Crippen MR) is 105 cm³/mol. The summed E-state index contributed by atoms with van der Waals surface area (Å²) >= 11 is 0. The lowest BCUT2D eigenvalue weighted by Crippen LogP contribution is -2.40. The number of ether oxygens (including phenoxy) is 2. The Morgan fingerprint density at radius 1 is 1.31 bits per heavy atom. The first kappa shape index (κ1) is 20.5. The Bertz CT molecular complexity index is 532. The van der Waals surface area contributed by atoms with Crippen LogP contribution in [0.25, 0.3) is 0 Å². The third-order valence-corrected chi connectivity index (χ3v) is 4.09. The molecule has 0 spiro atoms.